The molecule has 0 aliphatic carbocycles. The van der Waals surface area contributed by atoms with E-state index in [4.69, 9.17) is 14.2 Å². The molecule has 2 atom stereocenters. The lowest BCUT2D eigenvalue weighted by molar-refractivity contribution is 0.0168. The van der Waals surface area contributed by atoms with Crippen molar-refractivity contribution in [2.24, 2.45) is 4.99 Å². The molecule has 166 valence electrons. The van der Waals surface area contributed by atoms with Gasteiger partial charge in [0, 0.05) is 38.9 Å². The van der Waals surface area contributed by atoms with Gasteiger partial charge in [0.15, 0.2) is 5.96 Å². The van der Waals surface area contributed by atoms with Gasteiger partial charge in [-0.3, -0.25) is 4.99 Å². The quantitative estimate of drug-likeness (QED) is 0.200. The number of hydrogen-bond acceptors (Lipinski definition) is 4. The van der Waals surface area contributed by atoms with E-state index in [1.807, 2.05) is 0 Å². The molecule has 6 nitrogen and oxygen atoms in total. The topological polar surface area (TPSA) is 64.1 Å². The Morgan fingerprint density at radius 1 is 1.34 bits per heavy atom. The van der Waals surface area contributed by atoms with E-state index in [1.165, 1.54) is 5.56 Å². The van der Waals surface area contributed by atoms with Gasteiger partial charge < -0.3 is 24.8 Å². The van der Waals surface area contributed by atoms with Gasteiger partial charge in [0.25, 0.3) is 0 Å². The van der Waals surface area contributed by atoms with Gasteiger partial charge in [0.05, 0.1) is 18.8 Å². The van der Waals surface area contributed by atoms with Gasteiger partial charge in [-0.1, -0.05) is 19.1 Å². The number of ether oxygens (including phenoxy) is 3. The molecule has 0 bridgehead atoms. The van der Waals surface area contributed by atoms with Crippen molar-refractivity contribution in [2.75, 3.05) is 33.4 Å². The van der Waals surface area contributed by atoms with Crippen LogP contribution in [0.2, 0.25) is 0 Å². The second-order valence-corrected chi connectivity index (χ2v) is 7.36. The Morgan fingerprint density at radius 2 is 2.17 bits per heavy atom. The van der Waals surface area contributed by atoms with Crippen LogP contribution in [0.5, 0.6) is 5.75 Å². The van der Waals surface area contributed by atoms with Crippen LogP contribution in [0.3, 0.4) is 0 Å². The molecule has 0 aromatic heterocycles. The summed E-state index contributed by atoms with van der Waals surface area (Å²) in [5, 5.41) is 6.71. The molecule has 7 heteroatoms. The van der Waals surface area contributed by atoms with Crippen molar-refractivity contribution in [2.45, 2.75) is 65.2 Å². The van der Waals surface area contributed by atoms with E-state index in [1.54, 1.807) is 7.05 Å². The summed E-state index contributed by atoms with van der Waals surface area (Å²) in [5.41, 5.74) is 2.33. The molecule has 2 N–H and O–H groups in total. The molecule has 2 unspecified atom stereocenters. The molecule has 1 aliphatic rings. The maximum atomic E-state index is 6.08. The van der Waals surface area contributed by atoms with Gasteiger partial charge in [-0.25, -0.2) is 0 Å². The molecule has 1 heterocycles. The first-order valence-electron chi connectivity index (χ1n) is 10.5. The second kappa shape index (κ2) is 14.8. The van der Waals surface area contributed by atoms with Crippen LogP contribution in [0, 0.1) is 6.92 Å². The lowest BCUT2D eigenvalue weighted by atomic mass is 10.1. The van der Waals surface area contributed by atoms with Crippen molar-refractivity contribution in [3.8, 4) is 5.75 Å². The first kappa shape index (κ1) is 26.0. The molecule has 1 aromatic rings. The summed E-state index contributed by atoms with van der Waals surface area (Å²) >= 11 is 0. The average molecular weight is 519 g/mol. The molecule has 1 fully saturated rings. The van der Waals surface area contributed by atoms with Crippen molar-refractivity contribution < 1.29 is 14.2 Å². The van der Waals surface area contributed by atoms with E-state index in [9.17, 15) is 0 Å². The maximum Gasteiger partial charge on any atom is 0.191 e. The lowest BCUT2D eigenvalue weighted by Crippen LogP contribution is -2.37. The molecule has 0 amide bonds. The standard InChI is InChI=1S/C22H37N3O3.HI/c1-5-18(3)28-21-14-17(2)9-10-19(21)15-25-22(23-4)24-11-7-12-26-16-20-8-6-13-27-20;/h9-10,14,18,20H,5-8,11-13,15-16H2,1-4H3,(H2,23,24,25);1H. The fourth-order valence-electron chi connectivity index (χ4n) is 2.99. The number of aliphatic imine (C=N–C) groups is 1. The highest BCUT2D eigenvalue weighted by molar-refractivity contribution is 14.0. The van der Waals surface area contributed by atoms with Crippen LogP contribution in [0.1, 0.15) is 50.7 Å². The first-order valence-corrected chi connectivity index (χ1v) is 10.5. The Hall–Kier alpha value is -1.06. The van der Waals surface area contributed by atoms with E-state index >= 15 is 0 Å². The number of guanidine groups is 1. The summed E-state index contributed by atoms with van der Waals surface area (Å²) in [4.78, 5) is 4.30. The number of hydrogen-bond donors (Lipinski definition) is 2. The summed E-state index contributed by atoms with van der Waals surface area (Å²) < 4.78 is 17.3. The van der Waals surface area contributed by atoms with E-state index in [2.05, 4.69) is 54.6 Å². The van der Waals surface area contributed by atoms with Crippen LogP contribution in [-0.4, -0.2) is 51.6 Å². The highest BCUT2D eigenvalue weighted by Crippen LogP contribution is 2.22. The average Bonchev–Trinajstić information content (AvgIpc) is 3.21. The zero-order valence-electron chi connectivity index (χ0n) is 18.3. The highest BCUT2D eigenvalue weighted by atomic mass is 127. The summed E-state index contributed by atoms with van der Waals surface area (Å²) in [7, 11) is 1.79. The number of nitrogens with one attached hydrogen (secondary N) is 2. The van der Waals surface area contributed by atoms with Crippen LogP contribution in [-0.2, 0) is 16.0 Å². The molecular weight excluding hydrogens is 481 g/mol. The fraction of sp³-hybridized carbons (Fsp3) is 0.682. The van der Waals surface area contributed by atoms with Crippen molar-refractivity contribution in [1.29, 1.82) is 0 Å². The van der Waals surface area contributed by atoms with Crippen molar-refractivity contribution in [3.05, 3.63) is 29.3 Å². The van der Waals surface area contributed by atoms with Crippen molar-refractivity contribution >= 4 is 29.9 Å². The summed E-state index contributed by atoms with van der Waals surface area (Å²) in [6.45, 7) is 10.1. The zero-order valence-corrected chi connectivity index (χ0v) is 20.7. The molecule has 0 spiro atoms. The van der Waals surface area contributed by atoms with E-state index < -0.39 is 0 Å². The van der Waals surface area contributed by atoms with Crippen LogP contribution >= 0.6 is 24.0 Å². The van der Waals surface area contributed by atoms with Crippen LogP contribution in [0.4, 0.5) is 0 Å². The van der Waals surface area contributed by atoms with Crippen molar-refractivity contribution in [3.63, 3.8) is 0 Å². The van der Waals surface area contributed by atoms with Gasteiger partial charge in [0.1, 0.15) is 5.75 Å². The number of halogens is 1. The van der Waals surface area contributed by atoms with Gasteiger partial charge in [-0.05, 0) is 51.2 Å². The zero-order chi connectivity index (χ0) is 20.2. The lowest BCUT2D eigenvalue weighted by Gasteiger charge is -2.18. The predicted octanol–water partition coefficient (Wildman–Crippen LogP) is 4.04. The number of benzene rings is 1. The van der Waals surface area contributed by atoms with Gasteiger partial charge in [-0.2, -0.15) is 0 Å². The SMILES string of the molecule is CCC(C)Oc1cc(C)ccc1CNC(=NC)NCCCOCC1CCCO1.I. The molecule has 2 rings (SSSR count). The minimum atomic E-state index is 0. The summed E-state index contributed by atoms with van der Waals surface area (Å²) in [5.74, 6) is 1.73. The molecular formula is C22H38IN3O3. The third-order valence-corrected chi connectivity index (χ3v) is 4.88. The maximum absolute atomic E-state index is 6.08. The van der Waals surface area contributed by atoms with Crippen molar-refractivity contribution in [1.82, 2.24) is 10.6 Å². The largest absolute Gasteiger partial charge is 0.490 e. The first-order chi connectivity index (χ1) is 13.6. The van der Waals surface area contributed by atoms with Crippen LogP contribution in [0.25, 0.3) is 0 Å². The molecule has 1 aromatic carbocycles. The Morgan fingerprint density at radius 3 is 2.86 bits per heavy atom. The second-order valence-electron chi connectivity index (χ2n) is 7.36. The van der Waals surface area contributed by atoms with E-state index in [0.29, 0.717) is 19.3 Å². The molecule has 29 heavy (non-hydrogen) atoms. The van der Waals surface area contributed by atoms with Gasteiger partial charge >= 0.3 is 0 Å². The van der Waals surface area contributed by atoms with E-state index in [0.717, 1.165) is 62.7 Å². The smallest absolute Gasteiger partial charge is 0.191 e. The minimum absolute atomic E-state index is 0. The number of aryl methyl sites for hydroxylation is 1. The molecule has 0 radical (unpaired) electrons. The highest BCUT2D eigenvalue weighted by Gasteiger charge is 2.15. The van der Waals surface area contributed by atoms with Crippen LogP contribution < -0.4 is 15.4 Å². The Balaban J connectivity index is 0.00000420. The third-order valence-electron chi connectivity index (χ3n) is 4.88. The number of nitrogens with zero attached hydrogens (tertiary/aromatic N) is 1. The van der Waals surface area contributed by atoms with Gasteiger partial charge in [0.2, 0.25) is 0 Å². The monoisotopic (exact) mass is 519 g/mol. The normalized spacial score (nSPS) is 17.5. The van der Waals surface area contributed by atoms with E-state index in [-0.39, 0.29) is 30.1 Å². The summed E-state index contributed by atoms with van der Waals surface area (Å²) in [6.07, 6.45) is 4.69. The van der Waals surface area contributed by atoms with Gasteiger partial charge in [-0.15, -0.1) is 24.0 Å². The van der Waals surface area contributed by atoms with Crippen LogP contribution in [0.15, 0.2) is 23.2 Å². The minimum Gasteiger partial charge on any atom is -0.490 e. The Bertz CT molecular complexity index is 607. The molecule has 0 saturated carbocycles. The third kappa shape index (κ3) is 10.00. The molecule has 1 saturated heterocycles. The molecule has 1 aliphatic heterocycles. The predicted molar refractivity (Wildman–Crippen MR) is 130 cm³/mol. The summed E-state index contributed by atoms with van der Waals surface area (Å²) in [6, 6.07) is 6.33. The number of rotatable bonds is 11. The fourth-order valence-corrected chi connectivity index (χ4v) is 2.99. The Kier molecular flexibility index (Phi) is 13.3. The Labute approximate surface area is 193 Å².